The summed E-state index contributed by atoms with van der Waals surface area (Å²) < 4.78 is 16.4. The standard InChI is InChI=1S/C28H22N4O8/c1-38-27-15-19(7-13-26(27)40-25-14-10-22(31(34)35)16-24(25)32(36)37)17-29-30-28(33)18-39-23-11-8-21(9-12-23)20-5-3-2-4-6-20/h2-17H,18H2,1H3,(H,30,33)/b29-17+. The summed E-state index contributed by atoms with van der Waals surface area (Å²) in [6.45, 7) is -0.244. The van der Waals surface area contributed by atoms with Crippen LogP contribution in [0.5, 0.6) is 23.0 Å². The average molecular weight is 543 g/mol. The van der Waals surface area contributed by atoms with Gasteiger partial charge in [-0.05, 0) is 53.1 Å². The summed E-state index contributed by atoms with van der Waals surface area (Å²) in [4.78, 5) is 32.9. The Morgan fingerprint density at radius 1 is 0.850 bits per heavy atom. The zero-order valence-corrected chi connectivity index (χ0v) is 21.1. The van der Waals surface area contributed by atoms with Gasteiger partial charge in [0.25, 0.3) is 11.6 Å². The second-order valence-electron chi connectivity index (χ2n) is 8.15. The summed E-state index contributed by atoms with van der Waals surface area (Å²) in [7, 11) is 1.37. The first-order valence-electron chi connectivity index (χ1n) is 11.7. The van der Waals surface area contributed by atoms with E-state index in [9.17, 15) is 25.0 Å². The highest BCUT2D eigenvalue weighted by Gasteiger charge is 2.22. The van der Waals surface area contributed by atoms with Gasteiger partial charge >= 0.3 is 5.69 Å². The van der Waals surface area contributed by atoms with Crippen molar-refractivity contribution in [2.45, 2.75) is 0 Å². The number of rotatable bonds is 11. The van der Waals surface area contributed by atoms with E-state index in [-0.39, 0.29) is 23.9 Å². The first-order chi connectivity index (χ1) is 19.3. The maximum absolute atomic E-state index is 12.1. The van der Waals surface area contributed by atoms with Crippen LogP contribution in [-0.2, 0) is 4.79 Å². The number of nitro groups is 2. The molecule has 4 aromatic rings. The number of nitrogens with one attached hydrogen (secondary N) is 1. The van der Waals surface area contributed by atoms with Crippen LogP contribution in [0.15, 0.2) is 96.1 Å². The lowest BCUT2D eigenvalue weighted by atomic mass is 10.1. The van der Waals surface area contributed by atoms with Gasteiger partial charge in [-0.15, -0.1) is 0 Å². The summed E-state index contributed by atoms with van der Waals surface area (Å²) >= 11 is 0. The molecule has 0 atom stereocenters. The predicted octanol–water partition coefficient (Wildman–Crippen LogP) is 5.50. The Balaban J connectivity index is 1.34. The van der Waals surface area contributed by atoms with Gasteiger partial charge < -0.3 is 14.2 Å². The Morgan fingerprint density at radius 2 is 1.55 bits per heavy atom. The van der Waals surface area contributed by atoms with Crippen LogP contribution < -0.4 is 19.6 Å². The molecule has 40 heavy (non-hydrogen) atoms. The summed E-state index contributed by atoms with van der Waals surface area (Å²) in [6, 6.07) is 24.9. The molecule has 0 saturated carbocycles. The molecule has 1 amide bonds. The van der Waals surface area contributed by atoms with E-state index < -0.39 is 27.1 Å². The van der Waals surface area contributed by atoms with Gasteiger partial charge in [0, 0.05) is 6.07 Å². The van der Waals surface area contributed by atoms with E-state index in [4.69, 9.17) is 14.2 Å². The molecular formula is C28H22N4O8. The average Bonchev–Trinajstić information content (AvgIpc) is 2.97. The fourth-order valence-electron chi connectivity index (χ4n) is 3.55. The molecule has 0 aromatic heterocycles. The highest BCUT2D eigenvalue weighted by molar-refractivity contribution is 5.83. The largest absolute Gasteiger partial charge is 0.493 e. The fourth-order valence-corrected chi connectivity index (χ4v) is 3.55. The molecule has 0 fully saturated rings. The molecule has 0 heterocycles. The summed E-state index contributed by atoms with van der Waals surface area (Å²) in [5.74, 6) is 0.211. The third kappa shape index (κ3) is 6.95. The minimum Gasteiger partial charge on any atom is -0.493 e. The number of hydrogen-bond donors (Lipinski definition) is 1. The number of nitrogens with zero attached hydrogens (tertiary/aromatic N) is 3. The van der Waals surface area contributed by atoms with Crippen LogP contribution in [0.3, 0.4) is 0 Å². The molecule has 202 valence electrons. The molecule has 0 aliphatic heterocycles. The zero-order chi connectivity index (χ0) is 28.5. The van der Waals surface area contributed by atoms with Crippen LogP contribution in [0.4, 0.5) is 11.4 Å². The molecule has 0 bridgehead atoms. The van der Waals surface area contributed by atoms with Gasteiger partial charge in [-0.2, -0.15) is 5.10 Å². The van der Waals surface area contributed by atoms with E-state index in [0.29, 0.717) is 11.3 Å². The van der Waals surface area contributed by atoms with Crippen LogP contribution in [0.1, 0.15) is 5.56 Å². The van der Waals surface area contributed by atoms with Gasteiger partial charge in [0.15, 0.2) is 18.1 Å². The Bertz CT molecular complexity index is 1560. The number of benzene rings is 4. The molecule has 0 radical (unpaired) electrons. The fraction of sp³-hybridized carbons (Fsp3) is 0.0714. The van der Waals surface area contributed by atoms with Crippen molar-refractivity contribution in [2.75, 3.05) is 13.7 Å². The van der Waals surface area contributed by atoms with Crippen molar-refractivity contribution in [2.24, 2.45) is 5.10 Å². The van der Waals surface area contributed by atoms with Crippen molar-refractivity contribution in [3.05, 3.63) is 117 Å². The highest BCUT2D eigenvalue weighted by Crippen LogP contribution is 2.38. The van der Waals surface area contributed by atoms with E-state index in [1.807, 2.05) is 42.5 Å². The Hall–Kier alpha value is -5.78. The molecule has 0 aliphatic rings. The van der Waals surface area contributed by atoms with E-state index in [0.717, 1.165) is 29.3 Å². The predicted molar refractivity (Wildman–Crippen MR) is 146 cm³/mol. The van der Waals surface area contributed by atoms with Crippen molar-refractivity contribution >= 4 is 23.5 Å². The molecule has 12 heteroatoms. The summed E-state index contributed by atoms with van der Waals surface area (Å²) in [6.07, 6.45) is 1.37. The second kappa shape index (κ2) is 12.6. The van der Waals surface area contributed by atoms with E-state index in [1.165, 1.54) is 25.5 Å². The Kier molecular flexibility index (Phi) is 8.62. The zero-order valence-electron chi connectivity index (χ0n) is 21.1. The maximum atomic E-state index is 12.1. The van der Waals surface area contributed by atoms with Crippen LogP contribution in [0.25, 0.3) is 11.1 Å². The molecular weight excluding hydrogens is 520 g/mol. The van der Waals surface area contributed by atoms with Crippen LogP contribution in [0, 0.1) is 20.2 Å². The summed E-state index contributed by atoms with van der Waals surface area (Å²) in [5.41, 5.74) is 3.99. The quantitative estimate of drug-likeness (QED) is 0.148. The van der Waals surface area contributed by atoms with Crippen molar-refractivity contribution < 1.29 is 28.9 Å². The number of amides is 1. The third-order valence-electron chi connectivity index (χ3n) is 5.49. The van der Waals surface area contributed by atoms with Crippen molar-refractivity contribution in [3.8, 4) is 34.1 Å². The maximum Gasteiger partial charge on any atom is 0.318 e. The second-order valence-corrected chi connectivity index (χ2v) is 8.15. The first kappa shape index (κ1) is 27.3. The van der Waals surface area contributed by atoms with Crippen LogP contribution in [0.2, 0.25) is 0 Å². The number of nitro benzene ring substituents is 2. The van der Waals surface area contributed by atoms with Crippen molar-refractivity contribution in [3.63, 3.8) is 0 Å². The number of ether oxygens (including phenoxy) is 3. The monoisotopic (exact) mass is 542 g/mol. The molecule has 12 nitrogen and oxygen atoms in total. The molecule has 0 aliphatic carbocycles. The molecule has 0 saturated heterocycles. The molecule has 4 rings (SSSR count). The van der Waals surface area contributed by atoms with Gasteiger partial charge in [0.1, 0.15) is 5.75 Å². The van der Waals surface area contributed by atoms with E-state index >= 15 is 0 Å². The summed E-state index contributed by atoms with van der Waals surface area (Å²) in [5, 5.41) is 26.2. The van der Waals surface area contributed by atoms with Crippen LogP contribution >= 0.6 is 0 Å². The molecule has 0 spiro atoms. The van der Waals surface area contributed by atoms with Gasteiger partial charge in [0.05, 0.1) is 29.2 Å². The topological polar surface area (TPSA) is 155 Å². The van der Waals surface area contributed by atoms with Crippen LogP contribution in [-0.4, -0.2) is 35.7 Å². The van der Waals surface area contributed by atoms with E-state index in [1.54, 1.807) is 18.2 Å². The number of carbonyl (C=O) groups excluding carboxylic acids is 1. The lowest BCUT2D eigenvalue weighted by Crippen LogP contribution is -2.24. The number of non-ortho nitro benzene ring substituents is 1. The smallest absolute Gasteiger partial charge is 0.318 e. The molecule has 1 N–H and O–H groups in total. The molecule has 4 aromatic carbocycles. The first-order valence-corrected chi connectivity index (χ1v) is 11.7. The normalized spacial score (nSPS) is 10.6. The minimum atomic E-state index is -0.776. The number of carbonyl (C=O) groups is 1. The van der Waals surface area contributed by atoms with Gasteiger partial charge in [0.2, 0.25) is 5.75 Å². The van der Waals surface area contributed by atoms with Crippen molar-refractivity contribution in [1.29, 1.82) is 0 Å². The van der Waals surface area contributed by atoms with Gasteiger partial charge in [-0.1, -0.05) is 42.5 Å². The van der Waals surface area contributed by atoms with Crippen molar-refractivity contribution in [1.82, 2.24) is 5.43 Å². The SMILES string of the molecule is COc1cc(/C=N/NC(=O)COc2ccc(-c3ccccc3)cc2)ccc1Oc1ccc([N+](=O)[O-])cc1[N+](=O)[O-]. The third-order valence-corrected chi connectivity index (χ3v) is 5.49. The lowest BCUT2D eigenvalue weighted by molar-refractivity contribution is -0.394. The highest BCUT2D eigenvalue weighted by atomic mass is 16.6. The van der Waals surface area contributed by atoms with Gasteiger partial charge in [-0.3, -0.25) is 25.0 Å². The lowest BCUT2D eigenvalue weighted by Gasteiger charge is -2.11. The molecule has 0 unspecified atom stereocenters. The number of hydrazone groups is 1. The Morgan fingerprint density at radius 3 is 2.23 bits per heavy atom. The van der Waals surface area contributed by atoms with Gasteiger partial charge in [-0.25, -0.2) is 5.43 Å². The number of methoxy groups -OCH3 is 1. The van der Waals surface area contributed by atoms with E-state index in [2.05, 4.69) is 10.5 Å². The number of hydrogen-bond acceptors (Lipinski definition) is 9. The minimum absolute atomic E-state index is 0.132. The Labute approximate surface area is 227 Å².